The molecule has 0 saturated heterocycles. The van der Waals surface area contributed by atoms with Gasteiger partial charge in [-0.3, -0.25) is 4.79 Å². The monoisotopic (exact) mass is 387 g/mol. The third-order valence-corrected chi connectivity index (χ3v) is 4.95. The third-order valence-electron chi connectivity index (χ3n) is 4.07. The maximum absolute atomic E-state index is 12.5. The summed E-state index contributed by atoms with van der Waals surface area (Å²) in [5, 5.41) is 5.47. The molecule has 1 atom stereocenters. The predicted octanol–water partition coefficient (Wildman–Crippen LogP) is 4.06. The second-order valence-corrected chi connectivity index (χ2v) is 7.02. The van der Waals surface area contributed by atoms with Gasteiger partial charge in [0.25, 0.3) is 5.91 Å². The Morgan fingerprint density at radius 1 is 1.30 bits per heavy atom. The van der Waals surface area contributed by atoms with Gasteiger partial charge in [-0.2, -0.15) is 0 Å². The normalized spacial score (nSPS) is 12.0. The van der Waals surface area contributed by atoms with E-state index in [2.05, 4.69) is 5.32 Å². The number of carbonyl (C=O) groups excluding carboxylic acids is 2. The molecule has 0 radical (unpaired) electrons. The number of thiophene rings is 1. The Morgan fingerprint density at radius 2 is 2.11 bits per heavy atom. The van der Waals surface area contributed by atoms with E-state index in [-0.39, 0.29) is 11.7 Å². The second kappa shape index (κ2) is 8.26. The summed E-state index contributed by atoms with van der Waals surface area (Å²) in [4.78, 5) is 25.6. The fourth-order valence-electron chi connectivity index (χ4n) is 2.65. The Balaban J connectivity index is 1.67. The summed E-state index contributed by atoms with van der Waals surface area (Å²) < 4.78 is 16.4. The van der Waals surface area contributed by atoms with Crippen LogP contribution in [-0.4, -0.2) is 24.6 Å². The number of benzene rings is 1. The zero-order valence-electron chi connectivity index (χ0n) is 15.4. The minimum Gasteiger partial charge on any atom is -0.494 e. The first-order chi connectivity index (χ1) is 13.0. The highest BCUT2D eigenvalue weighted by atomic mass is 32.1. The van der Waals surface area contributed by atoms with E-state index in [0.717, 1.165) is 10.3 Å². The fourth-order valence-corrected chi connectivity index (χ4v) is 3.29. The van der Waals surface area contributed by atoms with Crippen molar-refractivity contribution < 1.29 is 23.5 Å². The SMILES string of the molecule is CCOc1ccc2oc(C(=O)O[C@H](C)C(=O)NCc3cccs3)c(C)c2c1. The average molecular weight is 387 g/mol. The summed E-state index contributed by atoms with van der Waals surface area (Å²) in [6.07, 6.45) is -0.927. The van der Waals surface area contributed by atoms with Crippen LogP contribution in [0.5, 0.6) is 5.75 Å². The number of nitrogens with one attached hydrogen (secondary N) is 1. The zero-order chi connectivity index (χ0) is 19.4. The summed E-state index contributed by atoms with van der Waals surface area (Å²) in [6, 6.07) is 9.20. The van der Waals surface area contributed by atoms with Crippen LogP contribution in [0, 0.1) is 6.92 Å². The Morgan fingerprint density at radius 3 is 2.81 bits per heavy atom. The quantitative estimate of drug-likeness (QED) is 0.619. The van der Waals surface area contributed by atoms with Crippen LogP contribution in [0.1, 0.15) is 34.8 Å². The van der Waals surface area contributed by atoms with Gasteiger partial charge in [0.1, 0.15) is 11.3 Å². The van der Waals surface area contributed by atoms with Gasteiger partial charge in [-0.05, 0) is 50.4 Å². The highest BCUT2D eigenvalue weighted by Crippen LogP contribution is 2.29. The van der Waals surface area contributed by atoms with E-state index >= 15 is 0 Å². The molecule has 1 N–H and O–H groups in total. The lowest BCUT2D eigenvalue weighted by Crippen LogP contribution is -2.35. The first-order valence-corrected chi connectivity index (χ1v) is 9.54. The van der Waals surface area contributed by atoms with Gasteiger partial charge in [-0.1, -0.05) is 6.07 Å². The zero-order valence-corrected chi connectivity index (χ0v) is 16.2. The average Bonchev–Trinajstić information content (AvgIpc) is 3.28. The van der Waals surface area contributed by atoms with E-state index < -0.39 is 12.1 Å². The summed E-state index contributed by atoms with van der Waals surface area (Å²) in [5.41, 5.74) is 1.22. The molecule has 0 aliphatic heterocycles. The van der Waals surface area contributed by atoms with Crippen molar-refractivity contribution in [3.8, 4) is 5.75 Å². The van der Waals surface area contributed by atoms with E-state index in [1.54, 1.807) is 30.4 Å². The molecule has 0 aliphatic carbocycles. The second-order valence-electron chi connectivity index (χ2n) is 5.99. The van der Waals surface area contributed by atoms with Crippen LogP contribution < -0.4 is 10.1 Å². The topological polar surface area (TPSA) is 77.8 Å². The smallest absolute Gasteiger partial charge is 0.375 e. The lowest BCUT2D eigenvalue weighted by Gasteiger charge is -2.12. The molecular formula is C20H21NO5S. The first-order valence-electron chi connectivity index (χ1n) is 8.66. The van der Waals surface area contributed by atoms with Crippen LogP contribution in [-0.2, 0) is 16.1 Å². The van der Waals surface area contributed by atoms with Gasteiger partial charge in [-0.25, -0.2) is 4.79 Å². The molecule has 142 valence electrons. The summed E-state index contributed by atoms with van der Waals surface area (Å²) in [5.74, 6) is -0.226. The molecule has 2 heterocycles. The van der Waals surface area contributed by atoms with Crippen molar-refractivity contribution >= 4 is 34.2 Å². The molecule has 2 aromatic heterocycles. The van der Waals surface area contributed by atoms with E-state index in [4.69, 9.17) is 13.9 Å². The van der Waals surface area contributed by atoms with E-state index in [1.807, 2.05) is 30.5 Å². The maximum atomic E-state index is 12.5. The van der Waals surface area contributed by atoms with Gasteiger partial charge in [0.15, 0.2) is 6.10 Å². The minimum atomic E-state index is -0.927. The van der Waals surface area contributed by atoms with Crippen LogP contribution in [0.2, 0.25) is 0 Å². The Hall–Kier alpha value is -2.80. The number of carbonyl (C=O) groups is 2. The number of aryl methyl sites for hydroxylation is 1. The summed E-state index contributed by atoms with van der Waals surface area (Å²) >= 11 is 1.55. The minimum absolute atomic E-state index is 0.0940. The van der Waals surface area contributed by atoms with Gasteiger partial charge >= 0.3 is 5.97 Å². The molecule has 1 aromatic carbocycles. The van der Waals surface area contributed by atoms with Crippen LogP contribution >= 0.6 is 11.3 Å². The predicted molar refractivity (Wildman–Crippen MR) is 103 cm³/mol. The van der Waals surface area contributed by atoms with Crippen molar-refractivity contribution in [1.29, 1.82) is 0 Å². The Labute approximate surface area is 161 Å². The van der Waals surface area contributed by atoms with Gasteiger partial charge in [0.05, 0.1) is 13.2 Å². The highest BCUT2D eigenvalue weighted by Gasteiger charge is 2.24. The van der Waals surface area contributed by atoms with Crippen molar-refractivity contribution in [3.05, 3.63) is 51.9 Å². The number of esters is 1. The van der Waals surface area contributed by atoms with Crippen LogP contribution in [0.4, 0.5) is 0 Å². The van der Waals surface area contributed by atoms with Crippen LogP contribution in [0.3, 0.4) is 0 Å². The summed E-state index contributed by atoms with van der Waals surface area (Å²) in [6.45, 7) is 6.17. The number of fused-ring (bicyclic) bond motifs is 1. The number of ether oxygens (including phenoxy) is 2. The van der Waals surface area contributed by atoms with E-state index in [1.165, 1.54) is 6.92 Å². The molecule has 0 fully saturated rings. The Bertz CT molecular complexity index is 945. The van der Waals surface area contributed by atoms with Crippen molar-refractivity contribution in [2.45, 2.75) is 33.4 Å². The van der Waals surface area contributed by atoms with E-state index in [9.17, 15) is 9.59 Å². The van der Waals surface area contributed by atoms with Crippen LogP contribution in [0.25, 0.3) is 11.0 Å². The number of furan rings is 1. The molecular weight excluding hydrogens is 366 g/mol. The van der Waals surface area contributed by atoms with Gasteiger partial charge in [0, 0.05) is 15.8 Å². The van der Waals surface area contributed by atoms with Crippen LogP contribution in [0.15, 0.2) is 40.1 Å². The molecule has 3 rings (SSSR count). The largest absolute Gasteiger partial charge is 0.494 e. The Kier molecular flexibility index (Phi) is 5.81. The molecule has 0 aliphatic rings. The van der Waals surface area contributed by atoms with Gasteiger partial charge in [0.2, 0.25) is 5.76 Å². The van der Waals surface area contributed by atoms with Crippen molar-refractivity contribution in [2.24, 2.45) is 0 Å². The third kappa shape index (κ3) is 4.31. The standard InChI is InChI=1S/C20H21NO5S/c1-4-24-14-7-8-17-16(10-14)12(2)18(26-17)20(23)25-13(3)19(22)21-11-15-6-5-9-27-15/h5-10,13H,4,11H2,1-3H3,(H,21,22)/t13-/m1/s1. The number of hydrogen-bond acceptors (Lipinski definition) is 6. The van der Waals surface area contributed by atoms with Gasteiger partial charge in [-0.15, -0.1) is 11.3 Å². The van der Waals surface area contributed by atoms with E-state index in [0.29, 0.717) is 30.0 Å². The molecule has 27 heavy (non-hydrogen) atoms. The number of hydrogen-bond donors (Lipinski definition) is 1. The molecule has 3 aromatic rings. The van der Waals surface area contributed by atoms with Gasteiger partial charge < -0.3 is 19.2 Å². The lowest BCUT2D eigenvalue weighted by molar-refractivity contribution is -0.129. The molecule has 6 nitrogen and oxygen atoms in total. The molecule has 1 amide bonds. The van der Waals surface area contributed by atoms with Crippen molar-refractivity contribution in [3.63, 3.8) is 0 Å². The number of rotatable bonds is 7. The molecule has 0 unspecified atom stereocenters. The molecule has 0 saturated carbocycles. The lowest BCUT2D eigenvalue weighted by atomic mass is 10.1. The number of amides is 1. The maximum Gasteiger partial charge on any atom is 0.375 e. The summed E-state index contributed by atoms with van der Waals surface area (Å²) in [7, 11) is 0. The fraction of sp³-hybridized carbons (Fsp3) is 0.300. The highest BCUT2D eigenvalue weighted by molar-refractivity contribution is 7.09. The molecule has 7 heteroatoms. The first kappa shape index (κ1) is 19.0. The van der Waals surface area contributed by atoms with Crippen molar-refractivity contribution in [2.75, 3.05) is 6.61 Å². The molecule has 0 bridgehead atoms. The molecule has 0 spiro atoms. The van der Waals surface area contributed by atoms with Crippen molar-refractivity contribution in [1.82, 2.24) is 5.32 Å².